The number of pyridine rings is 1. The lowest BCUT2D eigenvalue weighted by atomic mass is 10.2. The lowest BCUT2D eigenvalue weighted by molar-refractivity contribution is 0.306. The van der Waals surface area contributed by atoms with Crippen molar-refractivity contribution in [1.82, 2.24) is 25.3 Å². The van der Waals surface area contributed by atoms with Crippen molar-refractivity contribution in [3.63, 3.8) is 0 Å². The van der Waals surface area contributed by atoms with Gasteiger partial charge < -0.3 is 15.4 Å². The molecule has 0 aliphatic rings. The molecule has 6 aromatic rings. The summed E-state index contributed by atoms with van der Waals surface area (Å²) in [4.78, 5) is 18.6. The highest BCUT2D eigenvalue weighted by Crippen LogP contribution is 2.33. The summed E-state index contributed by atoms with van der Waals surface area (Å²) in [6, 6.07) is 21.8. The van der Waals surface area contributed by atoms with Gasteiger partial charge in [0.05, 0.1) is 44.8 Å². The van der Waals surface area contributed by atoms with Crippen LogP contribution in [0.1, 0.15) is 30.0 Å². The number of hydrogen-bond acceptors (Lipinski definition) is 10. The van der Waals surface area contributed by atoms with E-state index in [0.29, 0.717) is 56.2 Å². The van der Waals surface area contributed by atoms with Crippen molar-refractivity contribution >= 4 is 55.2 Å². The number of nitrogens with zero attached hydrogens (tertiary/aromatic N) is 4. The van der Waals surface area contributed by atoms with Crippen LogP contribution in [-0.2, 0) is 16.4 Å². The number of aromatic nitrogens is 4. The molecule has 0 radical (unpaired) electrons. The molecule has 2 N–H and O–H groups in total. The van der Waals surface area contributed by atoms with E-state index in [0.717, 1.165) is 16.8 Å². The van der Waals surface area contributed by atoms with Crippen molar-refractivity contribution in [3.05, 3.63) is 118 Å². The van der Waals surface area contributed by atoms with Gasteiger partial charge >= 0.3 is 0 Å². The van der Waals surface area contributed by atoms with Crippen LogP contribution >= 0.6 is 22.9 Å². The number of fused-ring (bicyclic) bond motifs is 1. The van der Waals surface area contributed by atoms with E-state index in [1.54, 1.807) is 60.8 Å². The monoisotopic (exact) mass is 688 g/mol. The number of benzene rings is 3. The second-order valence-electron chi connectivity index (χ2n) is 10.6. The van der Waals surface area contributed by atoms with E-state index in [4.69, 9.17) is 21.3 Å². The summed E-state index contributed by atoms with van der Waals surface area (Å²) in [6.45, 7) is 2.51. The summed E-state index contributed by atoms with van der Waals surface area (Å²) >= 11 is 8.01. The van der Waals surface area contributed by atoms with Crippen LogP contribution in [0.25, 0.3) is 22.3 Å². The van der Waals surface area contributed by atoms with Gasteiger partial charge in [0.15, 0.2) is 9.84 Å². The summed E-state index contributed by atoms with van der Waals surface area (Å²) in [5.74, 6) is 0.696. The molecule has 6 rings (SSSR count). The highest BCUT2D eigenvalue weighted by Gasteiger charge is 2.19. The first-order valence-electron chi connectivity index (χ1n) is 14.8. The van der Waals surface area contributed by atoms with E-state index in [1.807, 2.05) is 24.4 Å². The largest absolute Gasteiger partial charge is 0.487 e. The zero-order valence-electron chi connectivity index (χ0n) is 25.2. The van der Waals surface area contributed by atoms with Crippen LogP contribution < -0.4 is 15.4 Å². The number of hydrogen-bond donors (Lipinski definition) is 2. The second kappa shape index (κ2) is 14.5. The van der Waals surface area contributed by atoms with E-state index >= 15 is 0 Å². The van der Waals surface area contributed by atoms with Gasteiger partial charge in [-0.15, -0.1) is 11.3 Å². The number of ether oxygens (including phenoxy) is 1. The third-order valence-electron chi connectivity index (χ3n) is 7.35. The fourth-order valence-electron chi connectivity index (χ4n) is 4.90. The predicted molar refractivity (Wildman–Crippen MR) is 183 cm³/mol. The van der Waals surface area contributed by atoms with Crippen molar-refractivity contribution in [2.75, 3.05) is 17.6 Å². The van der Waals surface area contributed by atoms with E-state index in [2.05, 4.69) is 25.6 Å². The van der Waals surface area contributed by atoms with Crippen molar-refractivity contribution in [1.29, 1.82) is 0 Å². The Labute approximate surface area is 280 Å². The number of anilines is 2. The van der Waals surface area contributed by atoms with Gasteiger partial charge in [0.1, 0.15) is 35.3 Å². The van der Waals surface area contributed by atoms with E-state index in [-0.39, 0.29) is 24.2 Å². The zero-order valence-corrected chi connectivity index (χ0v) is 27.6. The summed E-state index contributed by atoms with van der Waals surface area (Å²) in [6.07, 6.45) is 3.88. The molecule has 3 aromatic carbocycles. The molecule has 13 heteroatoms. The molecule has 3 aromatic heterocycles. The van der Waals surface area contributed by atoms with Crippen molar-refractivity contribution in [2.45, 2.75) is 30.9 Å². The number of sulfone groups is 1. The van der Waals surface area contributed by atoms with Gasteiger partial charge in [-0.1, -0.05) is 48.9 Å². The molecule has 47 heavy (non-hydrogen) atoms. The first-order chi connectivity index (χ1) is 22.8. The van der Waals surface area contributed by atoms with E-state index in [1.165, 1.54) is 29.8 Å². The molecule has 0 amide bonds. The van der Waals surface area contributed by atoms with Gasteiger partial charge in [0.2, 0.25) is 0 Å². The minimum atomic E-state index is -3.38. The maximum atomic E-state index is 13.5. The summed E-state index contributed by atoms with van der Waals surface area (Å²) in [5, 5.41) is 10.6. The van der Waals surface area contributed by atoms with Crippen LogP contribution in [-0.4, -0.2) is 40.7 Å². The Morgan fingerprint density at radius 3 is 2.62 bits per heavy atom. The van der Waals surface area contributed by atoms with Crippen LogP contribution in [0.5, 0.6) is 5.75 Å². The fraction of sp³-hybridized carbons (Fsp3) is 0.176. The predicted octanol–water partition coefficient (Wildman–Crippen LogP) is 7.78. The van der Waals surface area contributed by atoms with Crippen LogP contribution in [0.2, 0.25) is 5.02 Å². The Balaban J connectivity index is 1.14. The van der Waals surface area contributed by atoms with Crippen LogP contribution in [0.15, 0.2) is 102 Å². The second-order valence-corrected chi connectivity index (χ2v) is 14.0. The quantitative estimate of drug-likeness (QED) is 0.125. The van der Waals surface area contributed by atoms with Gasteiger partial charge in [-0.05, 0) is 60.5 Å². The summed E-state index contributed by atoms with van der Waals surface area (Å²) in [7, 11) is -3.38. The molecular weight excluding hydrogens is 659 g/mol. The Morgan fingerprint density at radius 2 is 1.83 bits per heavy atom. The third kappa shape index (κ3) is 7.91. The van der Waals surface area contributed by atoms with Crippen molar-refractivity contribution in [2.24, 2.45) is 0 Å². The fourth-order valence-corrected chi connectivity index (χ4v) is 7.30. The van der Waals surface area contributed by atoms with E-state index < -0.39 is 9.84 Å². The van der Waals surface area contributed by atoms with Gasteiger partial charge in [-0.3, -0.25) is 4.98 Å². The molecule has 1 unspecified atom stereocenters. The number of rotatable bonds is 13. The zero-order chi connectivity index (χ0) is 32.8. The van der Waals surface area contributed by atoms with Crippen LogP contribution in [0.3, 0.4) is 0 Å². The van der Waals surface area contributed by atoms with Crippen molar-refractivity contribution in [3.8, 4) is 17.1 Å². The van der Waals surface area contributed by atoms with Gasteiger partial charge in [-0.25, -0.2) is 27.8 Å². The standard InChI is InChI=1S/C34H30ClFN6O3S2/c1-2-28(37-13-14-47(43,44)25-9-4-3-5-10-25)34-42-31(20-46-34)29-17-26-30(18-38-29)39-21-40-33(26)41-24-11-12-32(27(35)16-24)45-19-22-7-6-8-23(36)15-22/h3-12,15-18,20-21,28,37H,2,13-14,19H2,1H3,(H,39,40,41). The maximum absolute atomic E-state index is 13.5. The van der Waals surface area contributed by atoms with Gasteiger partial charge in [-0.2, -0.15) is 0 Å². The molecule has 1 atom stereocenters. The molecule has 240 valence electrons. The van der Waals surface area contributed by atoms with Crippen LogP contribution in [0, 0.1) is 5.82 Å². The molecule has 0 aliphatic heterocycles. The molecule has 0 saturated carbocycles. The first kappa shape index (κ1) is 32.5. The van der Waals surface area contributed by atoms with Gasteiger partial charge in [0, 0.05) is 23.0 Å². The average Bonchev–Trinajstić information content (AvgIpc) is 3.57. The molecule has 0 saturated heterocycles. The SMILES string of the molecule is CCC(NCCS(=O)(=O)c1ccccc1)c1nc(-c2cc3c(Nc4ccc(OCc5cccc(F)c5)c(Cl)c4)ncnc3cn2)cs1. The Kier molecular flexibility index (Phi) is 10.0. The average molecular weight is 689 g/mol. The molecule has 0 spiro atoms. The number of nitrogens with one attached hydrogen (secondary N) is 2. The van der Waals surface area contributed by atoms with Crippen LogP contribution in [0.4, 0.5) is 15.9 Å². The van der Waals surface area contributed by atoms with Gasteiger partial charge in [0.25, 0.3) is 0 Å². The highest BCUT2D eigenvalue weighted by atomic mass is 35.5. The molecule has 3 heterocycles. The number of thiazole rings is 1. The lowest BCUT2D eigenvalue weighted by Crippen LogP contribution is -2.27. The number of halogens is 2. The first-order valence-corrected chi connectivity index (χ1v) is 17.7. The molecule has 0 fully saturated rings. The molecule has 0 aliphatic carbocycles. The van der Waals surface area contributed by atoms with Crippen molar-refractivity contribution < 1.29 is 17.5 Å². The summed E-state index contributed by atoms with van der Waals surface area (Å²) < 4.78 is 44.7. The molecule has 9 nitrogen and oxygen atoms in total. The Hall–Kier alpha value is -4.49. The maximum Gasteiger partial charge on any atom is 0.179 e. The minimum absolute atomic E-state index is 0.0103. The topological polar surface area (TPSA) is 119 Å². The minimum Gasteiger partial charge on any atom is -0.487 e. The Morgan fingerprint density at radius 1 is 0.979 bits per heavy atom. The highest BCUT2D eigenvalue weighted by molar-refractivity contribution is 7.91. The smallest absolute Gasteiger partial charge is 0.179 e. The lowest BCUT2D eigenvalue weighted by Gasteiger charge is -2.14. The normalized spacial score (nSPS) is 12.2. The molecule has 0 bridgehead atoms. The van der Waals surface area contributed by atoms with E-state index in [9.17, 15) is 12.8 Å². The summed E-state index contributed by atoms with van der Waals surface area (Å²) in [5.41, 5.74) is 3.38. The molecular formula is C34H30ClFN6O3S2. The third-order valence-corrected chi connectivity index (χ3v) is 10.3. The Bertz CT molecular complexity index is 2110.